The predicted octanol–water partition coefficient (Wildman–Crippen LogP) is 2.98. The summed E-state index contributed by atoms with van der Waals surface area (Å²) in [6.45, 7) is 5.13. The van der Waals surface area contributed by atoms with E-state index in [9.17, 15) is 9.59 Å². The smallest absolute Gasteiger partial charge is 0.257 e. The fourth-order valence-electron chi connectivity index (χ4n) is 2.52. The van der Waals surface area contributed by atoms with Gasteiger partial charge in [-0.2, -0.15) is 0 Å². The van der Waals surface area contributed by atoms with E-state index in [1.807, 2.05) is 25.1 Å². The Labute approximate surface area is 144 Å². The van der Waals surface area contributed by atoms with Crippen molar-refractivity contribution in [3.05, 3.63) is 53.3 Å². The van der Waals surface area contributed by atoms with E-state index in [0.29, 0.717) is 28.0 Å². The lowest BCUT2D eigenvalue weighted by Gasteiger charge is -2.15. The van der Waals surface area contributed by atoms with Gasteiger partial charge in [0.1, 0.15) is 0 Å². The van der Waals surface area contributed by atoms with Crippen LogP contribution in [0.3, 0.4) is 0 Å². The average molecular weight is 338 g/mol. The molecule has 0 saturated carbocycles. The van der Waals surface area contributed by atoms with Gasteiger partial charge < -0.3 is 15.2 Å². The molecule has 0 aliphatic carbocycles. The van der Waals surface area contributed by atoms with Gasteiger partial charge in [-0.3, -0.25) is 9.59 Å². The third-order valence-corrected chi connectivity index (χ3v) is 3.83. The monoisotopic (exact) mass is 338 g/mol. The minimum Gasteiger partial charge on any atom is -0.345 e. The van der Waals surface area contributed by atoms with E-state index in [1.165, 1.54) is 13.1 Å². The number of carbonyl (C=O) groups excluding carboxylic acids is 2. The predicted molar refractivity (Wildman–Crippen MR) is 93.2 cm³/mol. The highest BCUT2D eigenvalue weighted by Crippen LogP contribution is 2.20. The first kappa shape index (κ1) is 16.6. The number of nitrogens with one attached hydrogen (secondary N) is 2. The quantitative estimate of drug-likeness (QED) is 0.762. The summed E-state index contributed by atoms with van der Waals surface area (Å²) in [5, 5.41) is 10.2. The Morgan fingerprint density at radius 1 is 1.24 bits per heavy atom. The van der Waals surface area contributed by atoms with Gasteiger partial charge in [0.05, 0.1) is 22.7 Å². The fraction of sp³-hybridized carbons (Fsp3) is 0.222. The normalized spacial score (nSPS) is 12.0. The zero-order chi connectivity index (χ0) is 18.0. The maximum atomic E-state index is 12.5. The Kier molecular flexibility index (Phi) is 4.47. The van der Waals surface area contributed by atoms with Gasteiger partial charge in [-0.1, -0.05) is 17.3 Å². The van der Waals surface area contributed by atoms with Crippen LogP contribution in [0.2, 0.25) is 0 Å². The maximum absolute atomic E-state index is 12.5. The Bertz CT molecular complexity index is 948. The Morgan fingerprint density at radius 3 is 2.80 bits per heavy atom. The van der Waals surface area contributed by atoms with E-state index in [4.69, 9.17) is 4.52 Å². The Hall–Kier alpha value is -3.22. The number of aryl methyl sites for hydroxylation is 1. The highest BCUT2D eigenvalue weighted by Gasteiger charge is 2.15. The number of aromatic nitrogens is 2. The second-order valence-corrected chi connectivity index (χ2v) is 5.85. The topological polar surface area (TPSA) is 97.1 Å². The lowest BCUT2D eigenvalue weighted by atomic mass is 10.1. The second kappa shape index (κ2) is 6.72. The molecule has 1 aromatic carbocycles. The molecule has 7 heteroatoms. The summed E-state index contributed by atoms with van der Waals surface area (Å²) in [4.78, 5) is 27.8. The molecule has 0 fully saturated rings. The molecule has 0 aliphatic heterocycles. The molecule has 7 nitrogen and oxygen atoms in total. The number of rotatable bonds is 4. The molecule has 2 N–H and O–H groups in total. The molecule has 0 bridgehead atoms. The third-order valence-electron chi connectivity index (χ3n) is 3.83. The lowest BCUT2D eigenvalue weighted by molar-refractivity contribution is -0.114. The van der Waals surface area contributed by atoms with Crippen LogP contribution in [0.1, 0.15) is 41.5 Å². The van der Waals surface area contributed by atoms with Crippen LogP contribution in [0.4, 0.5) is 5.69 Å². The van der Waals surface area contributed by atoms with Crippen molar-refractivity contribution in [2.75, 3.05) is 5.32 Å². The SMILES string of the molecule is CC(=O)Nc1cccc(C(C)NC(=O)c2cnc3onc(C)c3c2)c1. The first-order valence-corrected chi connectivity index (χ1v) is 7.84. The van der Waals surface area contributed by atoms with Crippen molar-refractivity contribution in [3.8, 4) is 0 Å². The minimum atomic E-state index is -0.243. The van der Waals surface area contributed by atoms with Crippen LogP contribution in [0.25, 0.3) is 11.1 Å². The summed E-state index contributed by atoms with van der Waals surface area (Å²) >= 11 is 0. The van der Waals surface area contributed by atoms with Crippen LogP contribution >= 0.6 is 0 Å². The van der Waals surface area contributed by atoms with E-state index in [0.717, 1.165) is 5.56 Å². The molecular weight excluding hydrogens is 320 g/mol. The van der Waals surface area contributed by atoms with Gasteiger partial charge in [0.15, 0.2) is 0 Å². The van der Waals surface area contributed by atoms with Gasteiger partial charge in [-0.15, -0.1) is 0 Å². The van der Waals surface area contributed by atoms with Gasteiger partial charge in [-0.05, 0) is 37.6 Å². The summed E-state index contributed by atoms with van der Waals surface area (Å²) in [7, 11) is 0. The van der Waals surface area contributed by atoms with Crippen molar-refractivity contribution in [2.45, 2.75) is 26.8 Å². The molecule has 1 unspecified atom stereocenters. The number of carbonyl (C=O) groups is 2. The molecule has 0 aliphatic rings. The van der Waals surface area contributed by atoms with Gasteiger partial charge in [0.2, 0.25) is 5.91 Å². The van der Waals surface area contributed by atoms with Gasteiger partial charge >= 0.3 is 0 Å². The van der Waals surface area contributed by atoms with Gasteiger partial charge in [0.25, 0.3) is 11.6 Å². The molecule has 0 spiro atoms. The van der Waals surface area contributed by atoms with Crippen LogP contribution in [-0.2, 0) is 4.79 Å². The van der Waals surface area contributed by atoms with Crippen LogP contribution in [0, 0.1) is 6.92 Å². The zero-order valence-electron chi connectivity index (χ0n) is 14.2. The highest BCUT2D eigenvalue weighted by atomic mass is 16.5. The zero-order valence-corrected chi connectivity index (χ0v) is 14.2. The minimum absolute atomic E-state index is 0.141. The van der Waals surface area contributed by atoms with Gasteiger partial charge in [-0.25, -0.2) is 4.98 Å². The highest BCUT2D eigenvalue weighted by molar-refractivity contribution is 5.97. The number of amides is 2. The summed E-state index contributed by atoms with van der Waals surface area (Å²) in [5.41, 5.74) is 3.10. The standard InChI is InChI=1S/C18H18N4O3/c1-10(13-5-4-6-15(7-13)21-12(3)23)20-17(24)14-8-16-11(2)22-25-18(16)19-9-14/h4-10H,1-3H3,(H,20,24)(H,21,23). The molecule has 1 atom stereocenters. The van der Waals surface area contributed by atoms with Crippen molar-refractivity contribution >= 4 is 28.6 Å². The number of nitrogens with zero attached hydrogens (tertiary/aromatic N) is 2. The number of pyridine rings is 1. The number of hydrogen-bond donors (Lipinski definition) is 2. The van der Waals surface area contributed by atoms with Crippen molar-refractivity contribution in [2.24, 2.45) is 0 Å². The number of hydrogen-bond acceptors (Lipinski definition) is 5. The first-order valence-electron chi connectivity index (χ1n) is 7.84. The summed E-state index contributed by atoms with van der Waals surface area (Å²) in [6.07, 6.45) is 1.46. The van der Waals surface area contributed by atoms with E-state index in [-0.39, 0.29) is 17.9 Å². The van der Waals surface area contributed by atoms with E-state index in [1.54, 1.807) is 19.1 Å². The molecule has 2 heterocycles. The van der Waals surface area contributed by atoms with Crippen LogP contribution in [0.15, 0.2) is 41.1 Å². The van der Waals surface area contributed by atoms with Crippen molar-refractivity contribution in [1.82, 2.24) is 15.5 Å². The fourth-order valence-corrected chi connectivity index (χ4v) is 2.52. The lowest BCUT2D eigenvalue weighted by Crippen LogP contribution is -2.26. The van der Waals surface area contributed by atoms with E-state index < -0.39 is 0 Å². The number of anilines is 1. The van der Waals surface area contributed by atoms with Gasteiger partial charge in [0, 0.05) is 18.8 Å². The molecule has 0 radical (unpaired) electrons. The maximum Gasteiger partial charge on any atom is 0.257 e. The summed E-state index contributed by atoms with van der Waals surface area (Å²) in [6, 6.07) is 8.83. The molecule has 3 rings (SSSR count). The third kappa shape index (κ3) is 3.65. The average Bonchev–Trinajstić information content (AvgIpc) is 2.95. The largest absolute Gasteiger partial charge is 0.345 e. The first-order chi connectivity index (χ1) is 11.9. The molecule has 2 aromatic heterocycles. The van der Waals surface area contributed by atoms with Crippen molar-refractivity contribution < 1.29 is 14.1 Å². The summed E-state index contributed by atoms with van der Waals surface area (Å²) < 4.78 is 5.05. The molecule has 2 amide bonds. The van der Waals surface area contributed by atoms with E-state index in [2.05, 4.69) is 20.8 Å². The van der Waals surface area contributed by atoms with E-state index >= 15 is 0 Å². The molecular formula is C18H18N4O3. The Balaban J connectivity index is 1.77. The van der Waals surface area contributed by atoms with Crippen molar-refractivity contribution in [1.29, 1.82) is 0 Å². The number of benzene rings is 1. The Morgan fingerprint density at radius 2 is 2.04 bits per heavy atom. The second-order valence-electron chi connectivity index (χ2n) is 5.85. The molecule has 128 valence electrons. The molecule has 3 aromatic rings. The summed E-state index contributed by atoms with van der Waals surface area (Å²) in [5.74, 6) is -0.385. The van der Waals surface area contributed by atoms with Crippen LogP contribution in [-0.4, -0.2) is 22.0 Å². The molecule has 0 saturated heterocycles. The van der Waals surface area contributed by atoms with Crippen LogP contribution in [0.5, 0.6) is 0 Å². The van der Waals surface area contributed by atoms with Crippen LogP contribution < -0.4 is 10.6 Å². The van der Waals surface area contributed by atoms with Crippen molar-refractivity contribution in [3.63, 3.8) is 0 Å². The number of fused-ring (bicyclic) bond motifs is 1. The molecule has 25 heavy (non-hydrogen) atoms.